The van der Waals surface area contributed by atoms with E-state index >= 15 is 0 Å². The number of hydrogen-bond acceptors (Lipinski definition) is 2. The molecule has 28 heavy (non-hydrogen) atoms. The Morgan fingerprint density at radius 1 is 1.00 bits per heavy atom. The molecule has 0 saturated heterocycles. The van der Waals surface area contributed by atoms with E-state index in [1.54, 1.807) is 20.2 Å². The van der Waals surface area contributed by atoms with Crippen molar-refractivity contribution in [3.63, 3.8) is 0 Å². The van der Waals surface area contributed by atoms with E-state index in [9.17, 15) is 10.1 Å². The minimum absolute atomic E-state index is 0.129. The van der Waals surface area contributed by atoms with Crippen LogP contribution in [0.4, 0.5) is 0 Å². The number of aryl methyl sites for hydroxylation is 1. The number of aromatic nitrogens is 1. The maximum absolute atomic E-state index is 12.2. The Balaban J connectivity index is 1.99. The summed E-state index contributed by atoms with van der Waals surface area (Å²) >= 11 is 0. The molecule has 2 aromatic carbocycles. The minimum atomic E-state index is -0.292. The lowest BCUT2D eigenvalue weighted by atomic mass is 10.1. The van der Waals surface area contributed by atoms with Gasteiger partial charge in [0.1, 0.15) is 11.6 Å². The number of carbonyl (C=O) groups is 1. The molecular formula is C24H23N3O. The first-order valence-corrected chi connectivity index (χ1v) is 9.10. The van der Waals surface area contributed by atoms with Gasteiger partial charge in [0.25, 0.3) is 5.91 Å². The average molecular weight is 369 g/mol. The molecule has 0 saturated carbocycles. The summed E-state index contributed by atoms with van der Waals surface area (Å²) in [7, 11) is 3.29. The van der Waals surface area contributed by atoms with Crippen LogP contribution in [-0.2, 0) is 4.79 Å². The number of carbonyl (C=O) groups excluding carboxylic acids is 1. The van der Waals surface area contributed by atoms with Crippen LogP contribution < -0.4 is 0 Å². The van der Waals surface area contributed by atoms with Crippen molar-refractivity contribution in [2.75, 3.05) is 14.1 Å². The van der Waals surface area contributed by atoms with E-state index in [2.05, 4.69) is 41.0 Å². The number of nitriles is 1. The SMILES string of the molecule is Cc1cc(/C=C(\C#N)C(=O)N(C)C)c(C)n1-c1ccc(-c2ccccc2)cc1. The fourth-order valence-corrected chi connectivity index (χ4v) is 3.30. The van der Waals surface area contributed by atoms with Crippen LogP contribution in [0.5, 0.6) is 0 Å². The topological polar surface area (TPSA) is 49.0 Å². The molecule has 140 valence electrons. The summed E-state index contributed by atoms with van der Waals surface area (Å²) in [6.07, 6.45) is 1.67. The van der Waals surface area contributed by atoms with Crippen LogP contribution >= 0.6 is 0 Å². The third-order valence-electron chi connectivity index (χ3n) is 4.76. The van der Waals surface area contributed by atoms with Gasteiger partial charge in [-0.15, -0.1) is 0 Å². The molecule has 0 unspecified atom stereocenters. The first kappa shape index (κ1) is 19.2. The first-order chi connectivity index (χ1) is 13.4. The molecule has 1 amide bonds. The normalized spacial score (nSPS) is 11.2. The van der Waals surface area contributed by atoms with Crippen LogP contribution in [0.3, 0.4) is 0 Å². The van der Waals surface area contributed by atoms with Crippen molar-refractivity contribution >= 4 is 12.0 Å². The second kappa shape index (κ2) is 7.98. The largest absolute Gasteiger partial charge is 0.344 e. The molecule has 4 heteroatoms. The van der Waals surface area contributed by atoms with Gasteiger partial charge in [-0.1, -0.05) is 42.5 Å². The molecule has 3 rings (SSSR count). The molecule has 0 aliphatic rings. The van der Waals surface area contributed by atoms with E-state index in [1.165, 1.54) is 10.5 Å². The second-order valence-corrected chi connectivity index (χ2v) is 6.94. The lowest BCUT2D eigenvalue weighted by Crippen LogP contribution is -2.22. The molecule has 1 aromatic heterocycles. The van der Waals surface area contributed by atoms with E-state index < -0.39 is 0 Å². The fraction of sp³-hybridized carbons (Fsp3) is 0.167. The zero-order valence-electron chi connectivity index (χ0n) is 16.6. The Hall–Kier alpha value is -3.58. The Morgan fingerprint density at radius 3 is 2.18 bits per heavy atom. The molecule has 4 nitrogen and oxygen atoms in total. The summed E-state index contributed by atoms with van der Waals surface area (Å²) in [4.78, 5) is 13.6. The summed E-state index contributed by atoms with van der Waals surface area (Å²) in [6.45, 7) is 4.02. The van der Waals surface area contributed by atoms with Gasteiger partial charge < -0.3 is 9.47 Å². The van der Waals surface area contributed by atoms with Crippen LogP contribution in [0.25, 0.3) is 22.9 Å². The Morgan fingerprint density at radius 2 is 1.61 bits per heavy atom. The predicted molar refractivity (Wildman–Crippen MR) is 113 cm³/mol. The van der Waals surface area contributed by atoms with E-state index in [0.717, 1.165) is 28.2 Å². The van der Waals surface area contributed by atoms with E-state index in [1.807, 2.05) is 44.2 Å². The summed E-state index contributed by atoms with van der Waals surface area (Å²) in [5.41, 5.74) is 6.43. The summed E-state index contributed by atoms with van der Waals surface area (Å²) in [5, 5.41) is 9.36. The van der Waals surface area contributed by atoms with Crippen molar-refractivity contribution in [1.82, 2.24) is 9.47 Å². The summed E-state index contributed by atoms with van der Waals surface area (Å²) in [6, 6.07) is 22.7. The molecule has 0 radical (unpaired) electrons. The second-order valence-electron chi connectivity index (χ2n) is 6.94. The number of likely N-dealkylation sites (N-methyl/N-ethyl adjacent to an activating group) is 1. The molecule has 3 aromatic rings. The van der Waals surface area contributed by atoms with Crippen molar-refractivity contribution in [1.29, 1.82) is 5.26 Å². The van der Waals surface area contributed by atoms with Crippen LogP contribution in [0.15, 0.2) is 66.2 Å². The molecule has 0 atom stereocenters. The van der Waals surface area contributed by atoms with Crippen LogP contribution in [0, 0.1) is 25.2 Å². The van der Waals surface area contributed by atoms with Crippen LogP contribution in [0.2, 0.25) is 0 Å². The molecule has 1 heterocycles. The van der Waals surface area contributed by atoms with Gasteiger partial charge in [-0.25, -0.2) is 0 Å². The van der Waals surface area contributed by atoms with Crippen molar-refractivity contribution in [3.8, 4) is 22.9 Å². The summed E-state index contributed by atoms with van der Waals surface area (Å²) in [5.74, 6) is -0.292. The monoisotopic (exact) mass is 369 g/mol. The smallest absolute Gasteiger partial charge is 0.264 e. The van der Waals surface area contributed by atoms with Crippen molar-refractivity contribution in [3.05, 3.63) is 83.2 Å². The quantitative estimate of drug-likeness (QED) is 0.492. The number of amides is 1. The highest BCUT2D eigenvalue weighted by atomic mass is 16.2. The third kappa shape index (κ3) is 3.74. The first-order valence-electron chi connectivity index (χ1n) is 9.10. The number of benzene rings is 2. The Bertz CT molecular complexity index is 1070. The maximum Gasteiger partial charge on any atom is 0.264 e. The standard InChI is InChI=1S/C24H23N3O/c1-17-14-21(15-22(16-25)24(28)26(3)4)18(2)27(17)23-12-10-20(11-13-23)19-8-6-5-7-9-19/h5-15H,1-4H3/b22-15+. The highest BCUT2D eigenvalue weighted by Crippen LogP contribution is 2.25. The van der Waals surface area contributed by atoms with E-state index in [0.29, 0.717) is 0 Å². The van der Waals surface area contributed by atoms with Crippen LogP contribution in [-0.4, -0.2) is 29.5 Å². The molecule has 0 bridgehead atoms. The highest BCUT2D eigenvalue weighted by molar-refractivity contribution is 6.01. The van der Waals surface area contributed by atoms with Crippen molar-refractivity contribution in [2.24, 2.45) is 0 Å². The van der Waals surface area contributed by atoms with Gasteiger partial charge >= 0.3 is 0 Å². The van der Waals surface area contributed by atoms with Gasteiger partial charge in [-0.2, -0.15) is 5.26 Å². The van der Waals surface area contributed by atoms with Crippen molar-refractivity contribution < 1.29 is 4.79 Å². The minimum Gasteiger partial charge on any atom is -0.344 e. The Kier molecular flexibility index (Phi) is 5.47. The van der Waals surface area contributed by atoms with Gasteiger partial charge in [0.2, 0.25) is 0 Å². The molecule has 0 N–H and O–H groups in total. The van der Waals surface area contributed by atoms with Gasteiger partial charge in [0.15, 0.2) is 0 Å². The fourth-order valence-electron chi connectivity index (χ4n) is 3.30. The lowest BCUT2D eigenvalue weighted by molar-refractivity contribution is -0.124. The van der Waals surface area contributed by atoms with Gasteiger partial charge in [0.05, 0.1) is 0 Å². The molecule has 0 fully saturated rings. The Labute approximate surface area is 166 Å². The molecule has 0 spiro atoms. The molecule has 0 aliphatic heterocycles. The molecule has 0 aliphatic carbocycles. The van der Waals surface area contributed by atoms with Gasteiger partial charge in [0, 0.05) is 31.2 Å². The van der Waals surface area contributed by atoms with Gasteiger partial charge in [-0.3, -0.25) is 4.79 Å². The number of hydrogen-bond donors (Lipinski definition) is 0. The lowest BCUT2D eigenvalue weighted by Gasteiger charge is -2.11. The predicted octanol–water partition coefficient (Wildman–Crippen LogP) is 4.76. The van der Waals surface area contributed by atoms with E-state index in [4.69, 9.17) is 0 Å². The average Bonchev–Trinajstić information content (AvgIpc) is 2.99. The zero-order chi connectivity index (χ0) is 20.3. The number of rotatable bonds is 4. The zero-order valence-corrected chi connectivity index (χ0v) is 16.6. The maximum atomic E-state index is 12.2. The van der Waals surface area contributed by atoms with Crippen molar-refractivity contribution in [2.45, 2.75) is 13.8 Å². The highest BCUT2D eigenvalue weighted by Gasteiger charge is 2.15. The van der Waals surface area contributed by atoms with E-state index in [-0.39, 0.29) is 11.5 Å². The molecular weight excluding hydrogens is 346 g/mol. The van der Waals surface area contributed by atoms with Crippen LogP contribution in [0.1, 0.15) is 17.0 Å². The summed E-state index contributed by atoms with van der Waals surface area (Å²) < 4.78 is 2.13. The number of nitrogens with zero attached hydrogens (tertiary/aromatic N) is 3. The van der Waals surface area contributed by atoms with Gasteiger partial charge in [-0.05, 0) is 54.8 Å². The third-order valence-corrected chi connectivity index (χ3v) is 4.76.